The van der Waals surface area contributed by atoms with Gasteiger partial charge in [0.15, 0.2) is 0 Å². The topological polar surface area (TPSA) is 33.3 Å². The van der Waals surface area contributed by atoms with Gasteiger partial charge < -0.3 is 15.4 Å². The third kappa shape index (κ3) is 2.25. The van der Waals surface area contributed by atoms with E-state index in [0.717, 1.165) is 37.1 Å². The Balaban J connectivity index is 1.66. The van der Waals surface area contributed by atoms with Crippen molar-refractivity contribution in [3.63, 3.8) is 0 Å². The maximum atomic E-state index is 5.76. The molecule has 1 aromatic rings. The number of hydrogen-bond acceptors (Lipinski definition) is 3. The van der Waals surface area contributed by atoms with Gasteiger partial charge in [-0.15, -0.1) is 0 Å². The van der Waals surface area contributed by atoms with Crippen LogP contribution in [0.4, 0.5) is 5.69 Å². The van der Waals surface area contributed by atoms with Gasteiger partial charge in [0.2, 0.25) is 0 Å². The van der Waals surface area contributed by atoms with Gasteiger partial charge in [0.1, 0.15) is 12.4 Å². The molecule has 1 saturated carbocycles. The van der Waals surface area contributed by atoms with Gasteiger partial charge in [0.25, 0.3) is 0 Å². The second-order valence-corrected chi connectivity index (χ2v) is 5.22. The molecule has 1 aromatic carbocycles. The smallest absolute Gasteiger partial charge is 0.146 e. The van der Waals surface area contributed by atoms with E-state index in [1.807, 2.05) is 0 Å². The highest BCUT2D eigenvalue weighted by molar-refractivity contribution is 5.61. The van der Waals surface area contributed by atoms with Gasteiger partial charge in [-0.05, 0) is 24.8 Å². The van der Waals surface area contributed by atoms with E-state index >= 15 is 0 Å². The van der Waals surface area contributed by atoms with Gasteiger partial charge in [-0.25, -0.2) is 0 Å². The third-order valence-electron chi connectivity index (χ3n) is 3.72. The average molecular weight is 232 g/mol. The molecule has 3 heteroatoms. The van der Waals surface area contributed by atoms with Gasteiger partial charge in [-0.1, -0.05) is 19.1 Å². The minimum Gasteiger partial charge on any atom is -0.489 e. The summed E-state index contributed by atoms with van der Waals surface area (Å²) in [7, 11) is 0. The number of fused-ring (bicyclic) bond motifs is 1. The zero-order valence-corrected chi connectivity index (χ0v) is 10.3. The summed E-state index contributed by atoms with van der Waals surface area (Å²) in [4.78, 5) is 0. The van der Waals surface area contributed by atoms with Crippen LogP contribution in [0.5, 0.6) is 5.75 Å². The maximum absolute atomic E-state index is 5.76. The van der Waals surface area contributed by atoms with Crippen LogP contribution in [0.3, 0.4) is 0 Å². The van der Waals surface area contributed by atoms with Crippen LogP contribution in [0.1, 0.15) is 25.3 Å². The number of benzene rings is 1. The molecular weight excluding hydrogens is 212 g/mol. The third-order valence-corrected chi connectivity index (χ3v) is 3.72. The van der Waals surface area contributed by atoms with Crippen molar-refractivity contribution in [1.29, 1.82) is 0 Å². The van der Waals surface area contributed by atoms with E-state index in [1.165, 1.54) is 18.4 Å². The Hall–Kier alpha value is -1.22. The van der Waals surface area contributed by atoms with Gasteiger partial charge >= 0.3 is 0 Å². The van der Waals surface area contributed by atoms with Crippen LogP contribution in [0.15, 0.2) is 18.2 Å². The average Bonchev–Trinajstić information content (AvgIpc) is 2.33. The fraction of sp³-hybridized carbons (Fsp3) is 0.571. The highest BCUT2D eigenvalue weighted by Gasteiger charge is 2.25. The van der Waals surface area contributed by atoms with Crippen LogP contribution < -0.4 is 15.4 Å². The predicted molar refractivity (Wildman–Crippen MR) is 69.5 cm³/mol. The largest absolute Gasteiger partial charge is 0.489 e. The molecule has 0 bridgehead atoms. The van der Waals surface area contributed by atoms with Crippen molar-refractivity contribution < 1.29 is 4.74 Å². The molecule has 3 nitrogen and oxygen atoms in total. The Bertz CT molecular complexity index is 399. The molecule has 0 spiro atoms. The lowest BCUT2D eigenvalue weighted by Crippen LogP contribution is -2.39. The van der Waals surface area contributed by atoms with E-state index in [9.17, 15) is 0 Å². The first-order valence-corrected chi connectivity index (χ1v) is 6.55. The Morgan fingerprint density at radius 3 is 3.12 bits per heavy atom. The SMILES string of the molecule is CC1CC(NCc2cccc3c2OCCN3)C1. The quantitative estimate of drug-likeness (QED) is 0.839. The molecule has 0 atom stereocenters. The second kappa shape index (κ2) is 4.57. The van der Waals surface area contributed by atoms with Gasteiger partial charge in [-0.2, -0.15) is 0 Å². The standard InChI is InChI=1S/C14H20N2O/c1-10-7-12(8-10)16-9-11-3-2-4-13-14(11)17-6-5-15-13/h2-4,10,12,15-16H,5-9H2,1H3. The molecule has 0 radical (unpaired) electrons. The van der Waals surface area contributed by atoms with Crippen molar-refractivity contribution in [3.05, 3.63) is 23.8 Å². The zero-order chi connectivity index (χ0) is 11.7. The van der Waals surface area contributed by atoms with Crippen molar-refractivity contribution in [2.24, 2.45) is 5.92 Å². The molecule has 0 aromatic heterocycles. The summed E-state index contributed by atoms with van der Waals surface area (Å²) in [6.07, 6.45) is 2.63. The van der Waals surface area contributed by atoms with Crippen LogP contribution in [0.25, 0.3) is 0 Å². The van der Waals surface area contributed by atoms with E-state index in [-0.39, 0.29) is 0 Å². The zero-order valence-electron chi connectivity index (χ0n) is 10.3. The Morgan fingerprint density at radius 1 is 1.41 bits per heavy atom. The molecule has 0 saturated heterocycles. The molecule has 0 amide bonds. The highest BCUT2D eigenvalue weighted by Crippen LogP contribution is 2.32. The summed E-state index contributed by atoms with van der Waals surface area (Å²) in [5.74, 6) is 1.94. The van der Waals surface area contributed by atoms with E-state index in [4.69, 9.17) is 4.74 Å². The lowest BCUT2D eigenvalue weighted by molar-refractivity contribution is 0.238. The number of hydrogen-bond donors (Lipinski definition) is 2. The molecule has 17 heavy (non-hydrogen) atoms. The first-order chi connectivity index (χ1) is 8.33. The molecule has 1 aliphatic carbocycles. The lowest BCUT2D eigenvalue weighted by Gasteiger charge is -2.34. The van der Waals surface area contributed by atoms with Crippen LogP contribution >= 0.6 is 0 Å². The Labute approximate surface area is 103 Å². The summed E-state index contributed by atoms with van der Waals surface area (Å²) in [5.41, 5.74) is 2.41. The van der Waals surface area contributed by atoms with Crippen LogP contribution in [0, 0.1) is 5.92 Å². The summed E-state index contributed by atoms with van der Waals surface area (Å²) in [6.45, 7) is 4.91. The van der Waals surface area contributed by atoms with Crippen LogP contribution in [-0.2, 0) is 6.54 Å². The Morgan fingerprint density at radius 2 is 2.29 bits per heavy atom. The predicted octanol–water partition coefficient (Wildman–Crippen LogP) is 2.38. The second-order valence-electron chi connectivity index (χ2n) is 5.22. The van der Waals surface area contributed by atoms with Crippen molar-refractivity contribution in [3.8, 4) is 5.75 Å². The molecular formula is C14H20N2O. The van der Waals surface area contributed by atoms with E-state index in [1.54, 1.807) is 0 Å². The number of anilines is 1. The highest BCUT2D eigenvalue weighted by atomic mass is 16.5. The van der Waals surface area contributed by atoms with Crippen molar-refractivity contribution in [2.75, 3.05) is 18.5 Å². The van der Waals surface area contributed by atoms with Gasteiger partial charge in [0, 0.05) is 24.7 Å². The normalized spacial score (nSPS) is 26.4. The minimum absolute atomic E-state index is 0.706. The molecule has 3 rings (SSSR count). The summed E-state index contributed by atoms with van der Waals surface area (Å²) in [6, 6.07) is 7.04. The maximum Gasteiger partial charge on any atom is 0.146 e. The summed E-state index contributed by atoms with van der Waals surface area (Å²) >= 11 is 0. The summed E-state index contributed by atoms with van der Waals surface area (Å²) < 4.78 is 5.76. The fourth-order valence-corrected chi connectivity index (χ4v) is 2.70. The summed E-state index contributed by atoms with van der Waals surface area (Å²) in [5, 5.41) is 6.98. The van der Waals surface area contributed by atoms with Gasteiger partial charge in [-0.3, -0.25) is 0 Å². The number of ether oxygens (including phenoxy) is 1. The molecule has 1 heterocycles. The lowest BCUT2D eigenvalue weighted by atomic mass is 9.82. The number of nitrogens with one attached hydrogen (secondary N) is 2. The van der Waals surface area contributed by atoms with E-state index in [0.29, 0.717) is 6.04 Å². The first-order valence-electron chi connectivity index (χ1n) is 6.55. The Kier molecular flexibility index (Phi) is 2.93. The molecule has 92 valence electrons. The van der Waals surface area contributed by atoms with Crippen LogP contribution in [0.2, 0.25) is 0 Å². The molecule has 2 N–H and O–H groups in total. The van der Waals surface area contributed by atoms with E-state index < -0.39 is 0 Å². The van der Waals surface area contributed by atoms with Crippen molar-refractivity contribution in [1.82, 2.24) is 5.32 Å². The van der Waals surface area contributed by atoms with Crippen molar-refractivity contribution in [2.45, 2.75) is 32.4 Å². The molecule has 2 aliphatic rings. The van der Waals surface area contributed by atoms with Crippen molar-refractivity contribution >= 4 is 5.69 Å². The van der Waals surface area contributed by atoms with E-state index in [2.05, 4.69) is 35.8 Å². The monoisotopic (exact) mass is 232 g/mol. The first kappa shape index (κ1) is 10.9. The molecule has 1 fully saturated rings. The molecule has 0 unspecified atom stereocenters. The fourth-order valence-electron chi connectivity index (χ4n) is 2.70. The number of rotatable bonds is 3. The minimum atomic E-state index is 0.706. The molecule has 1 aliphatic heterocycles. The van der Waals surface area contributed by atoms with Crippen LogP contribution in [-0.4, -0.2) is 19.2 Å². The van der Waals surface area contributed by atoms with Gasteiger partial charge in [0.05, 0.1) is 5.69 Å². The number of para-hydroxylation sites is 1.